The molecule has 0 aliphatic carbocycles. The van der Waals surface area contributed by atoms with Crippen molar-refractivity contribution in [3.05, 3.63) is 0 Å². The van der Waals surface area contributed by atoms with Crippen LogP contribution in [-0.2, 0) is 13.6 Å². The zero-order valence-corrected chi connectivity index (χ0v) is 21.6. The molecule has 30 heavy (non-hydrogen) atoms. The molecule has 1 N–H and O–H groups in total. The van der Waals surface area contributed by atoms with E-state index in [1.165, 1.54) is 83.5 Å². The van der Waals surface area contributed by atoms with E-state index in [2.05, 4.69) is 26.1 Å². The van der Waals surface area contributed by atoms with E-state index in [-0.39, 0.29) is 0 Å². The molecule has 0 atom stereocenters. The molecular formula is C25H54NO3P. The van der Waals surface area contributed by atoms with E-state index >= 15 is 0 Å². The van der Waals surface area contributed by atoms with Gasteiger partial charge in [0.15, 0.2) is 0 Å². The number of rotatable bonds is 25. The lowest BCUT2D eigenvalue weighted by Gasteiger charge is -2.19. The number of unbranched alkanes of at least 4 members (excludes halogenated alkanes) is 15. The Morgan fingerprint density at radius 2 is 0.900 bits per heavy atom. The minimum Gasteiger partial charge on any atom is -0.308 e. The zero-order valence-electron chi connectivity index (χ0n) is 20.7. The molecule has 0 saturated heterocycles. The van der Waals surface area contributed by atoms with E-state index in [1.54, 1.807) is 0 Å². The average molecular weight is 448 g/mol. The van der Waals surface area contributed by atoms with Crippen molar-refractivity contribution < 1.29 is 13.6 Å². The molecule has 0 heterocycles. The normalized spacial score (nSPS) is 12.0. The number of hydrogen-bond acceptors (Lipinski definition) is 4. The Kier molecular flexibility index (Phi) is 23.9. The minimum atomic E-state index is -3.01. The van der Waals surface area contributed by atoms with Gasteiger partial charge in [0.1, 0.15) is 0 Å². The predicted octanol–water partition coefficient (Wildman–Crippen LogP) is 8.84. The largest absolute Gasteiger partial charge is 0.344 e. The molecule has 0 amide bonds. The lowest BCUT2D eigenvalue weighted by molar-refractivity contribution is 0.196. The molecule has 0 spiro atoms. The van der Waals surface area contributed by atoms with E-state index in [0.29, 0.717) is 19.5 Å². The second-order valence-corrected chi connectivity index (χ2v) is 10.8. The highest BCUT2D eigenvalue weighted by atomic mass is 31.2. The fourth-order valence-electron chi connectivity index (χ4n) is 3.55. The van der Waals surface area contributed by atoms with Crippen LogP contribution in [0.1, 0.15) is 136 Å². The molecule has 0 radical (unpaired) electrons. The first-order chi connectivity index (χ1) is 14.7. The molecule has 0 unspecified atom stereocenters. The Balaban J connectivity index is 3.86. The summed E-state index contributed by atoms with van der Waals surface area (Å²) in [5.74, 6) is 0. The molecule has 0 aliphatic heterocycles. The van der Waals surface area contributed by atoms with Crippen molar-refractivity contribution in [2.45, 2.75) is 136 Å². The van der Waals surface area contributed by atoms with Gasteiger partial charge >= 0.3 is 7.60 Å². The molecule has 5 heteroatoms. The summed E-state index contributed by atoms with van der Waals surface area (Å²) in [6.45, 7) is 8.66. The van der Waals surface area contributed by atoms with Crippen LogP contribution in [0.4, 0.5) is 0 Å². The second-order valence-electron chi connectivity index (χ2n) is 8.74. The van der Waals surface area contributed by atoms with Crippen molar-refractivity contribution >= 4 is 7.60 Å². The third kappa shape index (κ3) is 21.3. The first kappa shape index (κ1) is 30.1. The van der Waals surface area contributed by atoms with Crippen molar-refractivity contribution in [3.63, 3.8) is 0 Å². The summed E-state index contributed by atoms with van der Waals surface area (Å²) in [5.41, 5.74) is 0. The van der Waals surface area contributed by atoms with Crippen molar-refractivity contribution in [2.75, 3.05) is 26.0 Å². The summed E-state index contributed by atoms with van der Waals surface area (Å²) >= 11 is 0. The average Bonchev–Trinajstić information content (AvgIpc) is 2.74. The molecular weight excluding hydrogens is 393 g/mol. The highest BCUT2D eigenvalue weighted by Gasteiger charge is 2.23. The zero-order chi connectivity index (χ0) is 22.2. The van der Waals surface area contributed by atoms with Crippen molar-refractivity contribution in [1.29, 1.82) is 0 Å². The molecule has 182 valence electrons. The van der Waals surface area contributed by atoms with Gasteiger partial charge in [-0.15, -0.1) is 0 Å². The Morgan fingerprint density at radius 1 is 0.533 bits per heavy atom. The molecule has 0 aliphatic rings. The van der Waals surface area contributed by atoms with Gasteiger partial charge in [-0.05, 0) is 25.8 Å². The first-order valence-electron chi connectivity index (χ1n) is 13.3. The van der Waals surface area contributed by atoms with E-state index in [4.69, 9.17) is 9.05 Å². The van der Waals surface area contributed by atoms with Gasteiger partial charge in [-0.1, -0.05) is 117 Å². The number of nitrogens with one attached hydrogen (secondary N) is 1. The Morgan fingerprint density at radius 3 is 1.33 bits per heavy atom. The van der Waals surface area contributed by atoms with Crippen molar-refractivity contribution in [1.82, 2.24) is 5.32 Å². The van der Waals surface area contributed by atoms with E-state index < -0.39 is 7.60 Å². The summed E-state index contributed by atoms with van der Waals surface area (Å²) in [6.07, 6.45) is 22.7. The molecule has 0 rings (SSSR count). The van der Waals surface area contributed by atoms with Crippen LogP contribution < -0.4 is 5.32 Å². The summed E-state index contributed by atoms with van der Waals surface area (Å²) in [7, 11) is -3.01. The monoisotopic (exact) mass is 447 g/mol. The predicted molar refractivity (Wildman–Crippen MR) is 133 cm³/mol. The molecule has 4 nitrogen and oxygen atoms in total. The standard InChI is InChI=1S/C25H54NO3P/c1-4-7-10-13-14-15-16-17-18-19-22-26-25-30(27,28-23-20-11-8-5-2)29-24-21-12-9-6-3/h26H,4-25H2,1-3H3. The van der Waals surface area contributed by atoms with Crippen molar-refractivity contribution in [2.24, 2.45) is 0 Å². The Hall–Kier alpha value is 0.110. The quantitative estimate of drug-likeness (QED) is 0.112. The lowest BCUT2D eigenvalue weighted by Crippen LogP contribution is -2.19. The summed E-state index contributed by atoms with van der Waals surface area (Å²) in [4.78, 5) is 0. The summed E-state index contributed by atoms with van der Waals surface area (Å²) in [6, 6.07) is 0. The van der Waals surface area contributed by atoms with E-state index in [0.717, 1.165) is 38.6 Å². The topological polar surface area (TPSA) is 47.6 Å². The fourth-order valence-corrected chi connectivity index (χ4v) is 5.05. The molecule has 0 aromatic rings. The SMILES string of the molecule is CCCCCCCCCCCCNCP(=O)(OCCCCCC)OCCCCCC. The molecule has 0 bridgehead atoms. The van der Waals surface area contributed by atoms with Crippen LogP contribution in [0.25, 0.3) is 0 Å². The van der Waals surface area contributed by atoms with Gasteiger partial charge in [-0.25, -0.2) is 0 Å². The molecule has 0 fully saturated rings. The second kappa shape index (κ2) is 23.8. The van der Waals surface area contributed by atoms with Gasteiger partial charge in [0.25, 0.3) is 0 Å². The van der Waals surface area contributed by atoms with Gasteiger partial charge in [0.2, 0.25) is 0 Å². The molecule has 0 saturated carbocycles. The van der Waals surface area contributed by atoms with Gasteiger partial charge in [0.05, 0.1) is 19.5 Å². The minimum absolute atomic E-state index is 0.353. The van der Waals surface area contributed by atoms with Crippen LogP contribution in [0.3, 0.4) is 0 Å². The first-order valence-corrected chi connectivity index (χ1v) is 15.0. The highest BCUT2D eigenvalue weighted by molar-refractivity contribution is 7.53. The van der Waals surface area contributed by atoms with E-state index in [9.17, 15) is 4.57 Å². The maximum absolute atomic E-state index is 13.1. The lowest BCUT2D eigenvalue weighted by atomic mass is 10.1. The van der Waals surface area contributed by atoms with Gasteiger partial charge in [-0.3, -0.25) is 4.57 Å². The smallest absolute Gasteiger partial charge is 0.308 e. The maximum atomic E-state index is 13.1. The van der Waals surface area contributed by atoms with E-state index in [1.807, 2.05) is 0 Å². The van der Waals surface area contributed by atoms with Gasteiger partial charge < -0.3 is 14.4 Å². The molecule has 0 aromatic heterocycles. The van der Waals surface area contributed by atoms with Crippen molar-refractivity contribution in [3.8, 4) is 0 Å². The molecule has 0 aromatic carbocycles. The Labute approximate surface area is 189 Å². The van der Waals surface area contributed by atoms with Crippen LogP contribution in [-0.4, -0.2) is 26.0 Å². The van der Waals surface area contributed by atoms with Crippen LogP contribution in [0.2, 0.25) is 0 Å². The number of hydrogen-bond donors (Lipinski definition) is 1. The van der Waals surface area contributed by atoms with Gasteiger partial charge in [-0.2, -0.15) is 0 Å². The van der Waals surface area contributed by atoms with Crippen LogP contribution in [0.15, 0.2) is 0 Å². The fraction of sp³-hybridized carbons (Fsp3) is 1.00. The summed E-state index contributed by atoms with van der Waals surface area (Å²) < 4.78 is 24.6. The third-order valence-electron chi connectivity index (χ3n) is 5.58. The van der Waals surface area contributed by atoms with Crippen LogP contribution in [0, 0.1) is 0 Å². The van der Waals surface area contributed by atoms with Crippen LogP contribution in [0.5, 0.6) is 0 Å². The van der Waals surface area contributed by atoms with Gasteiger partial charge in [0, 0.05) is 0 Å². The van der Waals surface area contributed by atoms with Crippen LogP contribution >= 0.6 is 7.60 Å². The Bertz CT molecular complexity index is 361. The third-order valence-corrected chi connectivity index (χ3v) is 7.35. The summed E-state index contributed by atoms with van der Waals surface area (Å²) in [5, 5.41) is 3.34. The highest BCUT2D eigenvalue weighted by Crippen LogP contribution is 2.47. The maximum Gasteiger partial charge on any atom is 0.344 e.